The molecule has 0 aliphatic rings. The molecule has 9 heteroatoms. The Morgan fingerprint density at radius 3 is 1.13 bits per heavy atom. The van der Waals surface area contributed by atoms with Crippen LogP contribution >= 0.6 is 0 Å². The Labute approximate surface area is 460 Å². The lowest BCUT2D eigenvalue weighted by Gasteiger charge is -2.26. The number of hydrogen-bond acceptors (Lipinski definition) is 8. The van der Waals surface area contributed by atoms with Crippen LogP contribution in [0.3, 0.4) is 0 Å². The number of hydrogen-bond donors (Lipinski definition) is 0. The number of carbonyl (C=O) groups excluding carboxylic acids is 3. The van der Waals surface area contributed by atoms with E-state index in [2.05, 4.69) is 123 Å². The molecule has 0 bridgehead atoms. The van der Waals surface area contributed by atoms with E-state index in [1.807, 2.05) is 21.1 Å². The van der Waals surface area contributed by atoms with Gasteiger partial charge in [0.2, 0.25) is 0 Å². The summed E-state index contributed by atoms with van der Waals surface area (Å²) >= 11 is 0. The predicted molar refractivity (Wildman–Crippen MR) is 315 cm³/mol. The van der Waals surface area contributed by atoms with E-state index in [1.54, 1.807) is 0 Å². The smallest absolute Gasteiger partial charge is 0.306 e. The number of ether oxygens (including phenoxy) is 4. The zero-order valence-electron chi connectivity index (χ0n) is 48.6. The summed E-state index contributed by atoms with van der Waals surface area (Å²) in [4.78, 5) is 37.2. The molecule has 2 unspecified atom stereocenters. The van der Waals surface area contributed by atoms with Crippen LogP contribution < -0.4 is 5.11 Å². The molecule has 0 aromatic heterocycles. The van der Waals surface area contributed by atoms with Crippen LogP contribution in [0.4, 0.5) is 0 Å². The van der Waals surface area contributed by atoms with E-state index in [9.17, 15) is 19.5 Å². The highest BCUT2D eigenvalue weighted by molar-refractivity contribution is 5.70. The Kier molecular flexibility index (Phi) is 53.1. The molecular formula is C66H111NO8. The Morgan fingerprint density at radius 1 is 0.413 bits per heavy atom. The molecule has 0 fully saturated rings. The van der Waals surface area contributed by atoms with Gasteiger partial charge in [0.25, 0.3) is 0 Å². The van der Waals surface area contributed by atoms with Gasteiger partial charge in [-0.15, -0.1) is 0 Å². The number of carbonyl (C=O) groups is 3. The van der Waals surface area contributed by atoms with E-state index in [0.717, 1.165) is 103 Å². The van der Waals surface area contributed by atoms with E-state index < -0.39 is 24.3 Å². The molecule has 0 saturated heterocycles. The van der Waals surface area contributed by atoms with Crippen LogP contribution in [0.5, 0.6) is 0 Å². The molecule has 0 N–H and O–H groups in total. The van der Waals surface area contributed by atoms with Gasteiger partial charge in [0, 0.05) is 12.8 Å². The lowest BCUT2D eigenvalue weighted by molar-refractivity contribution is -0.870. The molecule has 0 saturated carbocycles. The second-order valence-electron chi connectivity index (χ2n) is 20.9. The highest BCUT2D eigenvalue weighted by atomic mass is 16.7. The molecule has 0 aliphatic heterocycles. The van der Waals surface area contributed by atoms with E-state index in [-0.39, 0.29) is 38.6 Å². The number of carboxylic acids is 1. The first-order chi connectivity index (χ1) is 36.6. The first kappa shape index (κ1) is 71.0. The summed E-state index contributed by atoms with van der Waals surface area (Å²) in [5, 5.41) is 11.8. The number of quaternary nitrogens is 1. The lowest BCUT2D eigenvalue weighted by atomic mass is 10.0. The van der Waals surface area contributed by atoms with Crippen molar-refractivity contribution in [2.45, 2.75) is 245 Å². The minimum Gasteiger partial charge on any atom is -0.545 e. The molecule has 0 aromatic rings. The first-order valence-corrected chi connectivity index (χ1v) is 30.0. The van der Waals surface area contributed by atoms with Gasteiger partial charge in [-0.25, -0.2) is 0 Å². The standard InChI is InChI=1S/C66H111NO8/c1-6-8-10-12-14-16-18-20-21-22-23-24-25-26-27-28-29-30-31-32-33-34-35-36-37-38-39-40-41-42-43-45-47-49-51-53-55-57-64(69)75-62(61-74-66(65(70)71)72-59-58-67(3,4)5)60-73-63(68)56-54-52-50-48-46-44-19-17-15-13-11-9-7-2/h8,10,14,16,20-21,23-24,26-27,29-30,32-33,35-36,38-39,62,66H,6-7,9,11-13,15,17-19,22,25,28,31,34,37,40-61H2,1-5H3/b10-8-,16-14-,21-20-,24-23-,27-26-,30-29-,33-32-,36-35-,39-38-. The second kappa shape index (κ2) is 56.2. The third-order valence-corrected chi connectivity index (χ3v) is 12.5. The van der Waals surface area contributed by atoms with Crippen molar-refractivity contribution in [1.82, 2.24) is 0 Å². The van der Waals surface area contributed by atoms with Gasteiger partial charge in [0.15, 0.2) is 12.4 Å². The summed E-state index contributed by atoms with van der Waals surface area (Å²) in [7, 11) is 5.91. The Bertz CT molecular complexity index is 1590. The van der Waals surface area contributed by atoms with Gasteiger partial charge >= 0.3 is 11.9 Å². The molecule has 0 rings (SSSR count). The van der Waals surface area contributed by atoms with Crippen LogP contribution in [0.2, 0.25) is 0 Å². The molecular weight excluding hydrogens is 935 g/mol. The zero-order valence-corrected chi connectivity index (χ0v) is 48.6. The molecule has 0 heterocycles. The van der Waals surface area contributed by atoms with Crippen molar-refractivity contribution >= 4 is 17.9 Å². The van der Waals surface area contributed by atoms with Crippen molar-refractivity contribution < 1.29 is 42.9 Å². The average molecular weight is 1050 g/mol. The van der Waals surface area contributed by atoms with E-state index in [4.69, 9.17) is 18.9 Å². The number of nitrogens with zero attached hydrogens (tertiary/aromatic N) is 1. The highest BCUT2D eigenvalue weighted by Gasteiger charge is 2.22. The van der Waals surface area contributed by atoms with Crippen LogP contribution in [0.15, 0.2) is 109 Å². The van der Waals surface area contributed by atoms with Crippen molar-refractivity contribution in [3.63, 3.8) is 0 Å². The summed E-state index contributed by atoms with van der Waals surface area (Å²) < 4.78 is 22.7. The maximum atomic E-state index is 12.9. The van der Waals surface area contributed by atoms with Gasteiger partial charge in [-0.2, -0.15) is 0 Å². The SMILES string of the molecule is CC/C=C\C/C=C\C/C=C\C/C=C\C/C=C\C/C=C\C/C=C\C/C=C\C/C=C\CCCCCCCCCCCC(=O)OC(COC(=O)CCCCCCCCCCCCCCC)COC(OCC[N+](C)(C)C)C(=O)[O-]. The molecule has 75 heavy (non-hydrogen) atoms. The number of rotatable bonds is 54. The Balaban J connectivity index is 4.17. The lowest BCUT2D eigenvalue weighted by Crippen LogP contribution is -2.44. The van der Waals surface area contributed by atoms with E-state index in [0.29, 0.717) is 17.4 Å². The third-order valence-electron chi connectivity index (χ3n) is 12.5. The minimum atomic E-state index is -1.63. The molecule has 0 spiro atoms. The fourth-order valence-corrected chi connectivity index (χ4v) is 7.94. The van der Waals surface area contributed by atoms with Crippen LogP contribution in [-0.2, 0) is 33.3 Å². The quantitative estimate of drug-likeness (QED) is 0.0195. The van der Waals surface area contributed by atoms with E-state index in [1.165, 1.54) is 96.3 Å². The molecule has 0 aliphatic carbocycles. The normalized spacial score (nSPS) is 13.6. The molecule has 0 radical (unpaired) electrons. The summed E-state index contributed by atoms with van der Waals surface area (Å²) in [6.07, 6.45) is 74.3. The van der Waals surface area contributed by atoms with Crippen molar-refractivity contribution in [2.75, 3.05) is 47.5 Å². The summed E-state index contributed by atoms with van der Waals surface area (Å²) in [6, 6.07) is 0. The Morgan fingerprint density at radius 2 is 0.760 bits per heavy atom. The van der Waals surface area contributed by atoms with Gasteiger partial charge in [0.1, 0.15) is 13.2 Å². The number of allylic oxidation sites excluding steroid dienone is 18. The highest BCUT2D eigenvalue weighted by Crippen LogP contribution is 2.15. The molecule has 2 atom stereocenters. The van der Waals surface area contributed by atoms with Gasteiger partial charge in [-0.3, -0.25) is 9.59 Å². The topological polar surface area (TPSA) is 111 Å². The van der Waals surface area contributed by atoms with Crippen LogP contribution in [-0.4, -0.2) is 82.3 Å². The maximum absolute atomic E-state index is 12.9. The maximum Gasteiger partial charge on any atom is 0.306 e. The monoisotopic (exact) mass is 1050 g/mol. The largest absolute Gasteiger partial charge is 0.545 e. The summed E-state index contributed by atoms with van der Waals surface area (Å²) in [5.41, 5.74) is 0. The number of likely N-dealkylation sites (N-methyl/N-ethyl adjacent to an activating group) is 1. The van der Waals surface area contributed by atoms with Crippen molar-refractivity contribution in [1.29, 1.82) is 0 Å². The minimum absolute atomic E-state index is 0.143. The molecule has 0 amide bonds. The second-order valence-corrected chi connectivity index (χ2v) is 20.9. The van der Waals surface area contributed by atoms with Gasteiger partial charge in [-0.1, -0.05) is 245 Å². The number of unbranched alkanes of at least 4 members (excludes halogenated alkanes) is 21. The fraction of sp³-hybridized carbons (Fsp3) is 0.682. The summed E-state index contributed by atoms with van der Waals surface area (Å²) in [5.74, 6) is -2.29. The first-order valence-electron chi connectivity index (χ1n) is 30.0. The van der Waals surface area contributed by atoms with Gasteiger partial charge in [-0.05, 0) is 83.5 Å². The van der Waals surface area contributed by atoms with E-state index >= 15 is 0 Å². The van der Waals surface area contributed by atoms with Crippen molar-refractivity contribution in [3.05, 3.63) is 109 Å². The van der Waals surface area contributed by atoms with Gasteiger partial charge < -0.3 is 33.3 Å². The van der Waals surface area contributed by atoms with Crippen LogP contribution in [0, 0.1) is 0 Å². The molecule has 9 nitrogen and oxygen atoms in total. The summed E-state index contributed by atoms with van der Waals surface area (Å²) in [6.45, 7) is 4.62. The number of carboxylic acid groups (broad SMARTS) is 1. The molecule has 0 aromatic carbocycles. The molecule has 428 valence electrons. The van der Waals surface area contributed by atoms with Crippen molar-refractivity contribution in [2.24, 2.45) is 0 Å². The third kappa shape index (κ3) is 57.5. The fourth-order valence-electron chi connectivity index (χ4n) is 7.94. The zero-order chi connectivity index (χ0) is 54.8. The Hall–Kier alpha value is -4.05. The van der Waals surface area contributed by atoms with Crippen LogP contribution in [0.1, 0.15) is 232 Å². The predicted octanol–water partition coefficient (Wildman–Crippen LogP) is 16.6. The average Bonchev–Trinajstić information content (AvgIpc) is 3.38. The number of esters is 2. The van der Waals surface area contributed by atoms with Gasteiger partial charge in [0.05, 0.1) is 40.3 Å². The number of aliphatic carboxylic acids is 1. The van der Waals surface area contributed by atoms with Crippen molar-refractivity contribution in [3.8, 4) is 0 Å². The van der Waals surface area contributed by atoms with Crippen LogP contribution in [0.25, 0.3) is 0 Å².